The van der Waals surface area contributed by atoms with Gasteiger partial charge in [-0.05, 0) is 0 Å². The molecule has 0 bridgehead atoms. The summed E-state index contributed by atoms with van der Waals surface area (Å²) in [4.78, 5) is 7.00. The number of hydrogen-bond acceptors (Lipinski definition) is 0. The molecule has 0 aliphatic carbocycles. The van der Waals surface area contributed by atoms with Gasteiger partial charge in [0, 0.05) is 0 Å². The summed E-state index contributed by atoms with van der Waals surface area (Å²) in [5.74, 6) is 0. The van der Waals surface area contributed by atoms with E-state index in [2.05, 4.69) is 25.5 Å². The van der Waals surface area contributed by atoms with E-state index in [-0.39, 0.29) is 0 Å². The molecule has 0 aliphatic heterocycles. The molecule has 0 heterocycles. The molecule has 0 saturated heterocycles. The van der Waals surface area contributed by atoms with E-state index in [1.807, 2.05) is 0 Å². The quantitative estimate of drug-likeness (QED) is 0.556. The normalized spacial score (nSPS) is 11.2. The molecular formula is C5H12Sn. The zero-order chi connectivity index (χ0) is 5.21. The predicted octanol–water partition coefficient (Wildman–Crippen LogP) is 2.05. The van der Waals surface area contributed by atoms with Crippen LogP contribution in [0.3, 0.4) is 0 Å². The van der Waals surface area contributed by atoms with Gasteiger partial charge in [0.05, 0.1) is 0 Å². The van der Waals surface area contributed by atoms with E-state index in [0.29, 0.717) is 0 Å². The maximum atomic E-state index is 3.73. The summed E-state index contributed by atoms with van der Waals surface area (Å²) in [6, 6.07) is 0. The van der Waals surface area contributed by atoms with Gasteiger partial charge in [-0.3, -0.25) is 0 Å². The van der Waals surface area contributed by atoms with Crippen LogP contribution in [-0.4, -0.2) is 18.4 Å². The van der Waals surface area contributed by atoms with E-state index >= 15 is 0 Å². The first-order valence-corrected chi connectivity index (χ1v) is 12.4. The van der Waals surface area contributed by atoms with Gasteiger partial charge < -0.3 is 0 Å². The molecule has 0 aliphatic rings. The van der Waals surface area contributed by atoms with E-state index in [4.69, 9.17) is 0 Å². The number of rotatable bonds is 1. The predicted molar refractivity (Wildman–Crippen MR) is 33.5 cm³/mol. The summed E-state index contributed by atoms with van der Waals surface area (Å²) in [5.41, 5.74) is 0. The topological polar surface area (TPSA) is 0 Å². The van der Waals surface area contributed by atoms with Crippen LogP contribution in [0.15, 0.2) is 10.7 Å². The van der Waals surface area contributed by atoms with Crippen molar-refractivity contribution in [1.29, 1.82) is 0 Å². The third kappa shape index (κ3) is 4.54. The van der Waals surface area contributed by atoms with Gasteiger partial charge in [-0.1, -0.05) is 0 Å². The molecule has 0 unspecified atom stereocenters. The summed E-state index contributed by atoms with van der Waals surface area (Å²) in [5, 5.41) is 0. The standard InChI is InChI=1S/C2H3.3CH3.Sn/c1-2;;;;/h1H,2H2;3*1H3;. The molecular weight excluding hydrogens is 179 g/mol. The first-order chi connectivity index (χ1) is 2.56. The van der Waals surface area contributed by atoms with Crippen LogP contribution >= 0.6 is 0 Å². The molecule has 6 heavy (non-hydrogen) atoms. The molecule has 0 aromatic heterocycles. The Hall–Kier alpha value is 0.539. The van der Waals surface area contributed by atoms with Crippen molar-refractivity contribution < 1.29 is 0 Å². The Labute approximate surface area is 44.1 Å². The fraction of sp³-hybridized carbons (Fsp3) is 0.600. The maximum absolute atomic E-state index is 3.73. The average molecular weight is 191 g/mol. The summed E-state index contributed by atoms with van der Waals surface area (Å²) in [6.45, 7) is 3.73. The van der Waals surface area contributed by atoms with Crippen LogP contribution in [0.1, 0.15) is 0 Å². The Kier molecular flexibility index (Phi) is 2.19. The molecule has 0 spiro atoms. The van der Waals surface area contributed by atoms with Crippen molar-refractivity contribution in [3.63, 3.8) is 0 Å². The van der Waals surface area contributed by atoms with Gasteiger partial charge in [0.25, 0.3) is 0 Å². The zero-order valence-corrected chi connectivity index (χ0v) is 7.64. The van der Waals surface area contributed by atoms with Gasteiger partial charge in [0.15, 0.2) is 0 Å². The Morgan fingerprint density at radius 1 is 1.33 bits per heavy atom. The van der Waals surface area contributed by atoms with Gasteiger partial charge in [0.2, 0.25) is 0 Å². The van der Waals surface area contributed by atoms with Crippen molar-refractivity contribution in [3.05, 3.63) is 10.7 Å². The third-order valence-electron chi connectivity index (χ3n) is 0.612. The van der Waals surface area contributed by atoms with Gasteiger partial charge in [-0.25, -0.2) is 0 Å². The molecule has 0 N–H and O–H groups in total. The van der Waals surface area contributed by atoms with Crippen LogP contribution in [0.4, 0.5) is 0 Å². The van der Waals surface area contributed by atoms with Gasteiger partial charge in [0.1, 0.15) is 0 Å². The zero-order valence-electron chi connectivity index (χ0n) is 4.78. The minimum absolute atomic E-state index is 1.47. The van der Waals surface area contributed by atoms with Crippen molar-refractivity contribution in [3.8, 4) is 0 Å². The number of hydrogen-bond donors (Lipinski definition) is 0. The summed E-state index contributed by atoms with van der Waals surface area (Å²) in [7, 11) is 0. The third-order valence-corrected chi connectivity index (χ3v) is 4.11. The Bertz CT molecular complexity index is 49.4. The molecule has 1 heteroatoms. The molecule has 0 radical (unpaired) electrons. The van der Waals surface area contributed by atoms with Crippen LogP contribution in [-0.2, 0) is 0 Å². The molecule has 36 valence electrons. The average Bonchev–Trinajstić information content (AvgIpc) is 1.35. The molecule has 0 nitrogen and oxygen atoms in total. The Morgan fingerprint density at radius 3 is 1.50 bits per heavy atom. The van der Waals surface area contributed by atoms with Crippen LogP contribution in [0.5, 0.6) is 0 Å². The van der Waals surface area contributed by atoms with Crippen molar-refractivity contribution in [1.82, 2.24) is 0 Å². The van der Waals surface area contributed by atoms with E-state index in [0.717, 1.165) is 0 Å². The van der Waals surface area contributed by atoms with E-state index < -0.39 is 18.4 Å². The Balaban J connectivity index is 3.45. The first-order valence-electron chi connectivity index (χ1n) is 2.20. The fourth-order valence-electron chi connectivity index (χ4n) is 0. The molecule has 0 aromatic rings. The van der Waals surface area contributed by atoms with E-state index in [9.17, 15) is 0 Å². The summed E-state index contributed by atoms with van der Waals surface area (Å²) in [6.07, 6.45) is 0. The van der Waals surface area contributed by atoms with Crippen LogP contribution in [0.2, 0.25) is 14.8 Å². The molecule has 0 saturated carbocycles. The van der Waals surface area contributed by atoms with Crippen molar-refractivity contribution >= 4 is 18.4 Å². The van der Waals surface area contributed by atoms with Crippen molar-refractivity contribution in [2.24, 2.45) is 0 Å². The monoisotopic (exact) mass is 192 g/mol. The van der Waals surface area contributed by atoms with Gasteiger partial charge in [-0.2, -0.15) is 0 Å². The van der Waals surface area contributed by atoms with E-state index in [1.54, 1.807) is 0 Å². The van der Waals surface area contributed by atoms with Crippen LogP contribution in [0, 0.1) is 0 Å². The van der Waals surface area contributed by atoms with Crippen molar-refractivity contribution in [2.75, 3.05) is 0 Å². The second-order valence-corrected chi connectivity index (χ2v) is 17.2. The Morgan fingerprint density at radius 2 is 1.50 bits per heavy atom. The summed E-state index contributed by atoms with van der Waals surface area (Å²) < 4.78 is 2.15. The van der Waals surface area contributed by atoms with Crippen molar-refractivity contribution in [2.45, 2.75) is 14.8 Å². The SMILES string of the molecule is C=[CH][Sn]([CH3])([CH3])[CH3]. The first kappa shape index (κ1) is 6.54. The fourth-order valence-corrected chi connectivity index (χ4v) is 0. The minimum atomic E-state index is -1.47. The molecule has 0 fully saturated rings. The second-order valence-electron chi connectivity index (χ2n) is 2.57. The molecule has 0 amide bonds. The molecule has 0 atom stereocenters. The van der Waals surface area contributed by atoms with Crippen LogP contribution in [0.25, 0.3) is 0 Å². The molecule has 0 rings (SSSR count). The summed E-state index contributed by atoms with van der Waals surface area (Å²) >= 11 is -1.47. The second kappa shape index (κ2) is 2.01. The molecule has 0 aromatic carbocycles. The van der Waals surface area contributed by atoms with Crippen LogP contribution < -0.4 is 0 Å². The van der Waals surface area contributed by atoms with E-state index in [1.165, 1.54) is 0 Å². The van der Waals surface area contributed by atoms with Gasteiger partial charge >= 0.3 is 43.9 Å². The van der Waals surface area contributed by atoms with Gasteiger partial charge in [-0.15, -0.1) is 0 Å².